The van der Waals surface area contributed by atoms with Crippen molar-refractivity contribution in [2.75, 3.05) is 5.32 Å². The molecule has 1 N–H and O–H groups in total. The molecule has 1 aromatic heterocycles. The van der Waals surface area contributed by atoms with Crippen LogP contribution in [0, 0.1) is 10.1 Å². The van der Waals surface area contributed by atoms with Crippen LogP contribution >= 0.6 is 15.9 Å². The van der Waals surface area contributed by atoms with Crippen molar-refractivity contribution in [2.45, 2.75) is 13.0 Å². The Balaban J connectivity index is 2.23. The second-order valence-electron chi connectivity index (χ2n) is 3.80. The van der Waals surface area contributed by atoms with Crippen molar-refractivity contribution in [3.63, 3.8) is 0 Å². The highest BCUT2D eigenvalue weighted by atomic mass is 79.9. The maximum atomic E-state index is 10.7. The minimum absolute atomic E-state index is 0.0485. The van der Waals surface area contributed by atoms with Gasteiger partial charge in [-0.1, -0.05) is 0 Å². The zero-order chi connectivity index (χ0) is 13.1. The minimum Gasteiger partial charge on any atom is -0.467 e. The smallest absolute Gasteiger partial charge is 0.271 e. The molecule has 0 aliphatic heterocycles. The normalized spacial score (nSPS) is 12.1. The zero-order valence-electron chi connectivity index (χ0n) is 9.59. The van der Waals surface area contributed by atoms with Crippen LogP contribution in [0.1, 0.15) is 18.7 Å². The summed E-state index contributed by atoms with van der Waals surface area (Å²) in [5.74, 6) is 0.772. The lowest BCUT2D eigenvalue weighted by atomic mass is 10.2. The van der Waals surface area contributed by atoms with E-state index in [0.717, 1.165) is 10.2 Å². The van der Waals surface area contributed by atoms with Gasteiger partial charge in [0.15, 0.2) is 0 Å². The number of anilines is 1. The molecular weight excluding hydrogens is 300 g/mol. The number of nitro benzene ring substituents is 1. The number of rotatable bonds is 4. The van der Waals surface area contributed by atoms with Crippen molar-refractivity contribution in [1.82, 2.24) is 0 Å². The van der Waals surface area contributed by atoms with Gasteiger partial charge in [-0.15, -0.1) is 0 Å². The van der Waals surface area contributed by atoms with E-state index in [2.05, 4.69) is 21.2 Å². The van der Waals surface area contributed by atoms with Crippen LogP contribution in [0.3, 0.4) is 0 Å². The number of nitrogens with one attached hydrogen (secondary N) is 1. The Hall–Kier alpha value is -1.82. The van der Waals surface area contributed by atoms with Crippen LogP contribution in [0.2, 0.25) is 0 Å². The second kappa shape index (κ2) is 5.22. The van der Waals surface area contributed by atoms with Crippen molar-refractivity contribution in [2.24, 2.45) is 0 Å². The van der Waals surface area contributed by atoms with Crippen LogP contribution < -0.4 is 5.32 Å². The van der Waals surface area contributed by atoms with Crippen LogP contribution in [0.25, 0.3) is 0 Å². The van der Waals surface area contributed by atoms with Gasteiger partial charge >= 0.3 is 0 Å². The molecule has 18 heavy (non-hydrogen) atoms. The predicted octanol–water partition coefficient (Wildman–Crippen LogP) is 4.12. The fourth-order valence-electron chi connectivity index (χ4n) is 1.58. The molecule has 5 nitrogen and oxygen atoms in total. The van der Waals surface area contributed by atoms with E-state index in [-0.39, 0.29) is 11.7 Å². The molecule has 1 unspecified atom stereocenters. The van der Waals surface area contributed by atoms with E-state index in [1.54, 1.807) is 18.4 Å². The average molecular weight is 311 g/mol. The quantitative estimate of drug-likeness (QED) is 0.681. The Morgan fingerprint density at radius 2 is 2.22 bits per heavy atom. The molecule has 1 atom stereocenters. The molecular formula is C12H11BrN2O3. The number of nitrogens with zero attached hydrogens (tertiary/aromatic N) is 1. The highest BCUT2D eigenvalue weighted by Gasteiger charge is 2.13. The molecule has 0 amide bonds. The van der Waals surface area contributed by atoms with E-state index in [0.29, 0.717) is 5.69 Å². The molecule has 0 fully saturated rings. The number of hydrogen-bond acceptors (Lipinski definition) is 4. The first-order valence-electron chi connectivity index (χ1n) is 5.32. The van der Waals surface area contributed by atoms with Gasteiger partial charge in [0.1, 0.15) is 5.76 Å². The Labute approximate surface area is 112 Å². The summed E-state index contributed by atoms with van der Waals surface area (Å²) in [4.78, 5) is 10.3. The van der Waals surface area contributed by atoms with Gasteiger partial charge in [-0.05, 0) is 41.1 Å². The molecule has 0 saturated heterocycles. The summed E-state index contributed by atoms with van der Waals surface area (Å²) >= 11 is 3.36. The number of halogens is 1. The summed E-state index contributed by atoms with van der Waals surface area (Å²) in [5.41, 5.74) is 0.709. The van der Waals surface area contributed by atoms with E-state index in [1.165, 1.54) is 12.1 Å². The average Bonchev–Trinajstić information content (AvgIpc) is 2.85. The van der Waals surface area contributed by atoms with Gasteiger partial charge in [-0.25, -0.2) is 0 Å². The van der Waals surface area contributed by atoms with E-state index in [4.69, 9.17) is 4.42 Å². The van der Waals surface area contributed by atoms with Gasteiger partial charge in [0.2, 0.25) is 0 Å². The first kappa shape index (κ1) is 12.6. The number of benzene rings is 1. The van der Waals surface area contributed by atoms with Crippen molar-refractivity contribution in [3.05, 3.63) is 56.9 Å². The van der Waals surface area contributed by atoms with Gasteiger partial charge < -0.3 is 9.73 Å². The van der Waals surface area contributed by atoms with Gasteiger partial charge in [0, 0.05) is 16.6 Å². The van der Waals surface area contributed by atoms with Crippen LogP contribution in [0.5, 0.6) is 0 Å². The van der Waals surface area contributed by atoms with E-state index < -0.39 is 4.92 Å². The minimum atomic E-state index is -0.421. The summed E-state index contributed by atoms with van der Waals surface area (Å²) in [6, 6.07) is 8.17. The summed E-state index contributed by atoms with van der Waals surface area (Å²) in [6.07, 6.45) is 1.59. The molecule has 1 heterocycles. The largest absolute Gasteiger partial charge is 0.467 e. The maximum Gasteiger partial charge on any atom is 0.271 e. The first-order chi connectivity index (χ1) is 8.58. The van der Waals surface area contributed by atoms with Crippen LogP contribution in [0.15, 0.2) is 45.5 Å². The van der Waals surface area contributed by atoms with Crippen molar-refractivity contribution in [3.8, 4) is 0 Å². The maximum absolute atomic E-state index is 10.7. The van der Waals surface area contributed by atoms with E-state index in [9.17, 15) is 10.1 Å². The lowest BCUT2D eigenvalue weighted by molar-refractivity contribution is -0.384. The van der Waals surface area contributed by atoms with Gasteiger partial charge in [0.05, 0.1) is 22.9 Å². The molecule has 0 radical (unpaired) electrons. The Morgan fingerprint density at radius 1 is 1.44 bits per heavy atom. The van der Waals surface area contributed by atoms with Gasteiger partial charge in [-0.2, -0.15) is 0 Å². The monoisotopic (exact) mass is 310 g/mol. The molecule has 2 aromatic rings. The molecule has 1 aromatic carbocycles. The Morgan fingerprint density at radius 3 is 2.83 bits per heavy atom. The van der Waals surface area contributed by atoms with Crippen LogP contribution in [-0.2, 0) is 0 Å². The molecule has 0 saturated carbocycles. The topological polar surface area (TPSA) is 68.3 Å². The Bertz CT molecular complexity index is 554. The molecule has 94 valence electrons. The standard InChI is InChI=1S/C12H11BrN2O3/c1-8(12-3-2-6-18-12)14-11-7-9(15(16)17)4-5-10(11)13/h2-8,14H,1H3. The predicted molar refractivity (Wildman–Crippen MR) is 71.5 cm³/mol. The number of furan rings is 1. The Kier molecular flexibility index (Phi) is 3.66. The number of hydrogen-bond donors (Lipinski definition) is 1. The van der Waals surface area contributed by atoms with E-state index >= 15 is 0 Å². The highest BCUT2D eigenvalue weighted by Crippen LogP contribution is 2.30. The SMILES string of the molecule is CC(Nc1cc([N+](=O)[O-])ccc1Br)c1ccco1. The van der Waals surface area contributed by atoms with Gasteiger partial charge in [-0.3, -0.25) is 10.1 Å². The fourth-order valence-corrected chi connectivity index (χ4v) is 1.94. The second-order valence-corrected chi connectivity index (χ2v) is 4.66. The first-order valence-corrected chi connectivity index (χ1v) is 6.11. The molecule has 0 bridgehead atoms. The third kappa shape index (κ3) is 2.70. The third-order valence-corrected chi connectivity index (χ3v) is 3.19. The van der Waals surface area contributed by atoms with Gasteiger partial charge in [0.25, 0.3) is 5.69 Å². The van der Waals surface area contributed by atoms with Crippen molar-refractivity contribution < 1.29 is 9.34 Å². The molecule has 0 aliphatic rings. The lowest BCUT2D eigenvalue weighted by Gasteiger charge is -2.14. The summed E-state index contributed by atoms with van der Waals surface area (Å²) in [7, 11) is 0. The third-order valence-electron chi connectivity index (χ3n) is 2.50. The lowest BCUT2D eigenvalue weighted by Crippen LogP contribution is -2.06. The number of non-ortho nitro benzene ring substituents is 1. The van der Waals surface area contributed by atoms with Crippen molar-refractivity contribution >= 4 is 27.3 Å². The van der Waals surface area contributed by atoms with Crippen molar-refractivity contribution in [1.29, 1.82) is 0 Å². The van der Waals surface area contributed by atoms with Crippen LogP contribution in [-0.4, -0.2) is 4.92 Å². The summed E-state index contributed by atoms with van der Waals surface area (Å²) < 4.78 is 6.04. The summed E-state index contributed by atoms with van der Waals surface area (Å²) in [6.45, 7) is 1.92. The fraction of sp³-hybridized carbons (Fsp3) is 0.167. The molecule has 6 heteroatoms. The summed E-state index contributed by atoms with van der Waals surface area (Å²) in [5, 5.41) is 13.9. The van der Waals surface area contributed by atoms with E-state index in [1.807, 2.05) is 13.0 Å². The van der Waals surface area contributed by atoms with Crippen LogP contribution in [0.4, 0.5) is 11.4 Å². The zero-order valence-corrected chi connectivity index (χ0v) is 11.2. The molecule has 2 rings (SSSR count). The number of nitro groups is 1. The molecule has 0 spiro atoms. The highest BCUT2D eigenvalue weighted by molar-refractivity contribution is 9.10. The molecule has 0 aliphatic carbocycles.